The average Bonchev–Trinajstić information content (AvgIpc) is 3.12. The molecule has 21 nitrogen and oxygen atoms in total. The van der Waals surface area contributed by atoms with Gasteiger partial charge >= 0.3 is 0 Å². The van der Waals surface area contributed by atoms with Gasteiger partial charge in [0, 0.05) is 50.4 Å². The summed E-state index contributed by atoms with van der Waals surface area (Å²) in [6.45, 7) is 3.14. The second kappa shape index (κ2) is 20.8. The Morgan fingerprint density at radius 3 is 2.21 bits per heavy atom. The zero-order chi connectivity index (χ0) is 38.5. The van der Waals surface area contributed by atoms with Gasteiger partial charge in [0.15, 0.2) is 12.6 Å². The number of rotatable bonds is 19. The zero-order valence-electron chi connectivity index (χ0n) is 29.8. The first-order valence-electron chi connectivity index (χ1n) is 17.9. The van der Waals surface area contributed by atoms with Crippen LogP contribution in [-0.2, 0) is 42.8 Å². The Hall–Kier alpha value is -2.76. The van der Waals surface area contributed by atoms with Crippen molar-refractivity contribution in [1.29, 1.82) is 0 Å². The molecular weight excluding hydrogens is 708 g/mol. The first-order valence-corrected chi connectivity index (χ1v) is 17.9. The smallest absolute Gasteiger partial charge is 0.223 e. The van der Waals surface area contributed by atoms with Gasteiger partial charge in [0.05, 0.1) is 46.2 Å². The van der Waals surface area contributed by atoms with Gasteiger partial charge < -0.3 is 74.6 Å². The van der Waals surface area contributed by atoms with Gasteiger partial charge in [-0.1, -0.05) is 5.11 Å². The van der Waals surface area contributed by atoms with Gasteiger partial charge in [-0.05, 0) is 36.6 Å². The fourth-order valence-corrected chi connectivity index (χ4v) is 7.15. The van der Waals surface area contributed by atoms with Gasteiger partial charge in [0.2, 0.25) is 17.7 Å². The molecule has 1 saturated carbocycles. The summed E-state index contributed by atoms with van der Waals surface area (Å²) in [5.41, 5.74) is 8.47. The summed E-state index contributed by atoms with van der Waals surface area (Å²) in [6.07, 6.45) is -10.2. The predicted octanol–water partition coefficient (Wildman–Crippen LogP) is -3.36. The topological polar surface area (TPSA) is 304 Å². The summed E-state index contributed by atoms with van der Waals surface area (Å²) in [6, 6.07) is -1.33. The van der Waals surface area contributed by atoms with Crippen molar-refractivity contribution in [3.8, 4) is 0 Å². The molecule has 0 aromatic heterocycles. The van der Waals surface area contributed by atoms with Crippen LogP contribution in [0.2, 0.25) is 0 Å². The third-order valence-electron chi connectivity index (χ3n) is 10.2. The summed E-state index contributed by atoms with van der Waals surface area (Å²) in [4.78, 5) is 40.8. The van der Waals surface area contributed by atoms with Crippen molar-refractivity contribution < 1.29 is 73.4 Å². The Morgan fingerprint density at radius 2 is 1.57 bits per heavy atom. The lowest BCUT2D eigenvalue weighted by molar-refractivity contribution is -0.346. The van der Waals surface area contributed by atoms with E-state index in [0.717, 1.165) is 32.6 Å². The Bertz CT molecular complexity index is 1230. The number of hydrogen-bond acceptors (Lipinski definition) is 16. The molecule has 1 aliphatic carbocycles. The number of piperidine rings is 1. The zero-order valence-corrected chi connectivity index (χ0v) is 29.8. The van der Waals surface area contributed by atoms with Crippen molar-refractivity contribution in [3.05, 3.63) is 10.4 Å². The molecule has 0 aromatic rings. The highest BCUT2D eigenvalue weighted by atomic mass is 16.7. The second-order valence-corrected chi connectivity index (χ2v) is 13.9. The van der Waals surface area contributed by atoms with E-state index in [9.17, 15) is 45.0 Å². The van der Waals surface area contributed by atoms with Crippen LogP contribution < -0.4 is 10.6 Å². The highest BCUT2D eigenvalue weighted by Gasteiger charge is 2.51. The van der Waals surface area contributed by atoms with Gasteiger partial charge in [-0.25, -0.2) is 0 Å². The highest BCUT2D eigenvalue weighted by Crippen LogP contribution is 2.52. The molecule has 0 aromatic carbocycles. The van der Waals surface area contributed by atoms with Gasteiger partial charge in [-0.15, -0.1) is 0 Å². The summed E-state index contributed by atoms with van der Waals surface area (Å²) < 4.78 is 33.1. The van der Waals surface area contributed by atoms with Crippen LogP contribution in [0, 0.1) is 11.3 Å². The fraction of sp³-hybridized carbons (Fsp3) is 0.906. The molecule has 4 fully saturated rings. The van der Waals surface area contributed by atoms with Gasteiger partial charge in [0.1, 0.15) is 48.8 Å². The molecule has 3 saturated heterocycles. The largest absolute Gasteiger partial charge is 0.394 e. The number of hydrogen-bond donors (Lipinski definition) is 8. The summed E-state index contributed by atoms with van der Waals surface area (Å²) >= 11 is 0. The van der Waals surface area contributed by atoms with Crippen molar-refractivity contribution in [2.24, 2.45) is 16.4 Å². The van der Waals surface area contributed by atoms with Gasteiger partial charge in [-0.3, -0.25) is 14.4 Å². The van der Waals surface area contributed by atoms with E-state index in [1.54, 1.807) is 4.90 Å². The molecule has 8 N–H and O–H groups in total. The Labute approximate surface area is 306 Å². The lowest BCUT2D eigenvalue weighted by atomic mass is 9.57. The number of amides is 3. The summed E-state index contributed by atoms with van der Waals surface area (Å²) in [5.74, 6) is -0.633. The van der Waals surface area contributed by atoms with E-state index in [0.29, 0.717) is 26.2 Å². The quantitative estimate of drug-likeness (QED) is 0.0276. The van der Waals surface area contributed by atoms with E-state index in [4.69, 9.17) is 34.0 Å². The Morgan fingerprint density at radius 1 is 0.906 bits per heavy atom. The van der Waals surface area contributed by atoms with Crippen LogP contribution in [0.4, 0.5) is 0 Å². The molecule has 1 unspecified atom stereocenters. The molecule has 4 aliphatic rings. The number of aliphatic hydroxyl groups excluding tert-OH is 6. The van der Waals surface area contributed by atoms with Crippen LogP contribution >= 0.6 is 0 Å². The first kappa shape index (κ1) is 43.0. The molecule has 1 spiro atoms. The monoisotopic (exact) mass is 762 g/mol. The molecule has 10 atom stereocenters. The molecule has 0 radical (unpaired) electrons. The van der Waals surface area contributed by atoms with E-state index in [1.807, 2.05) is 0 Å². The number of azide groups is 1. The fourth-order valence-electron chi connectivity index (χ4n) is 7.15. The SMILES string of the molecule is CC(=O)N[C@H]1C(O)O[C@H](CO)[C@@H](O[C@@H]2O[C@H](COCCOCCOCCNC(=O)C3CC4(CCN(C(=O)CCN=[N+]=[N-])CC4)C3)[C@@H](O)[C@H](O)[C@@H]2O)[C@@H]1O. The van der Waals surface area contributed by atoms with Crippen molar-refractivity contribution in [1.82, 2.24) is 15.5 Å². The van der Waals surface area contributed by atoms with Crippen molar-refractivity contribution >= 4 is 17.7 Å². The minimum Gasteiger partial charge on any atom is -0.394 e. The lowest BCUT2D eigenvalue weighted by Gasteiger charge is -2.51. The van der Waals surface area contributed by atoms with Crippen LogP contribution in [0.1, 0.15) is 39.0 Å². The minimum atomic E-state index is -1.77. The van der Waals surface area contributed by atoms with Crippen molar-refractivity contribution in [2.45, 2.75) is 100 Å². The molecule has 3 amide bonds. The maximum Gasteiger partial charge on any atom is 0.223 e. The molecule has 3 aliphatic heterocycles. The molecular formula is C32H54N6O15. The third-order valence-corrected chi connectivity index (χ3v) is 10.2. The first-order chi connectivity index (χ1) is 25.4. The molecule has 53 heavy (non-hydrogen) atoms. The number of carbonyl (C=O) groups is 3. The second-order valence-electron chi connectivity index (χ2n) is 13.9. The summed E-state index contributed by atoms with van der Waals surface area (Å²) in [7, 11) is 0. The van der Waals surface area contributed by atoms with E-state index in [1.165, 1.54) is 0 Å². The molecule has 4 rings (SSSR count). The van der Waals surface area contributed by atoms with E-state index in [-0.39, 0.29) is 69.1 Å². The van der Waals surface area contributed by atoms with E-state index < -0.39 is 73.9 Å². The number of aliphatic hydroxyl groups is 6. The van der Waals surface area contributed by atoms with Crippen molar-refractivity contribution in [3.63, 3.8) is 0 Å². The van der Waals surface area contributed by atoms with Gasteiger partial charge in [0.25, 0.3) is 0 Å². The number of likely N-dealkylation sites (tertiary alicyclic amines) is 1. The van der Waals surface area contributed by atoms with Crippen molar-refractivity contribution in [2.75, 3.05) is 72.4 Å². The number of ether oxygens (including phenoxy) is 6. The Kier molecular flexibility index (Phi) is 16.9. The Balaban J connectivity index is 1.04. The van der Waals surface area contributed by atoms with E-state index >= 15 is 0 Å². The van der Waals surface area contributed by atoms with Crippen LogP contribution in [0.15, 0.2) is 5.11 Å². The van der Waals surface area contributed by atoms with Crippen LogP contribution in [0.5, 0.6) is 0 Å². The average molecular weight is 763 g/mol. The molecule has 3 heterocycles. The summed E-state index contributed by atoms with van der Waals surface area (Å²) in [5, 5.41) is 70.6. The normalized spacial score (nSPS) is 32.8. The van der Waals surface area contributed by atoms with Crippen LogP contribution in [0.25, 0.3) is 10.4 Å². The highest BCUT2D eigenvalue weighted by molar-refractivity contribution is 5.80. The van der Waals surface area contributed by atoms with E-state index in [2.05, 4.69) is 20.7 Å². The molecule has 21 heteroatoms. The lowest BCUT2D eigenvalue weighted by Crippen LogP contribution is -2.67. The molecule has 0 bridgehead atoms. The van der Waals surface area contributed by atoms with Gasteiger partial charge in [-0.2, -0.15) is 0 Å². The minimum absolute atomic E-state index is 0.00198. The molecule has 302 valence electrons. The maximum atomic E-state index is 12.6. The third kappa shape index (κ3) is 11.9. The van der Waals surface area contributed by atoms with Crippen LogP contribution in [-0.4, -0.2) is 187 Å². The number of nitrogens with one attached hydrogen (secondary N) is 2. The number of carbonyl (C=O) groups excluding carboxylic acids is 3. The standard InChI is InChI=1S/C32H54N6O15/c1-18(40)36-23-25(43)28(20(16-39)51-30(23)47)53-31-27(45)26(44)24(42)21(52-31)17-50-13-12-49-11-10-48-9-6-34-29(46)19-14-32(15-19)3-7-38(8-4-32)22(41)2-5-35-37-33/h19-21,23-28,30-31,39,42-45,47H,2-17H2,1H3,(H,34,46)(H,36,40)/t20-,21-,23-,24-,25-,26+,27+,28-,30?,31+/m1/s1. The predicted molar refractivity (Wildman–Crippen MR) is 178 cm³/mol. The number of nitrogens with zero attached hydrogens (tertiary/aromatic N) is 4. The van der Waals surface area contributed by atoms with Crippen LogP contribution in [0.3, 0.4) is 0 Å². The maximum absolute atomic E-state index is 12.6.